The Balaban J connectivity index is 0.000000220. The lowest BCUT2D eigenvalue weighted by atomic mass is 9.79. The van der Waals surface area contributed by atoms with E-state index in [1.807, 2.05) is 0 Å². The molecule has 0 aliphatic heterocycles. The molecule has 1 aromatic carbocycles. The standard InChI is InChI=1S/C11H18.C9H12O2/c1-8(2)11-6-5-9(3)7-10(11)4;1-2-3-7-4-8(10)6-9(11)5-7/h7,10-11H,1,5-6H2,2-4H3;4-6,10-11H,2-3H2,1H3/t10-,11+;/m1./s1. The van der Waals surface area contributed by atoms with Crippen LogP contribution in [0.1, 0.15) is 52.5 Å². The molecule has 0 unspecified atom stereocenters. The third kappa shape index (κ3) is 5.97. The Labute approximate surface area is 135 Å². The number of aryl methyl sites for hydroxylation is 1. The molecular weight excluding hydrogens is 272 g/mol. The molecule has 2 N–H and O–H groups in total. The van der Waals surface area contributed by atoms with E-state index >= 15 is 0 Å². The molecule has 1 aliphatic rings. The molecule has 0 fully saturated rings. The summed E-state index contributed by atoms with van der Waals surface area (Å²) in [7, 11) is 0. The van der Waals surface area contributed by atoms with E-state index in [-0.39, 0.29) is 11.5 Å². The van der Waals surface area contributed by atoms with Gasteiger partial charge in [-0.3, -0.25) is 0 Å². The van der Waals surface area contributed by atoms with Crippen molar-refractivity contribution < 1.29 is 10.2 Å². The Morgan fingerprint density at radius 1 is 1.23 bits per heavy atom. The van der Waals surface area contributed by atoms with Crippen LogP contribution in [0.4, 0.5) is 0 Å². The summed E-state index contributed by atoms with van der Waals surface area (Å²) in [6.45, 7) is 12.8. The molecule has 0 spiro atoms. The van der Waals surface area contributed by atoms with Crippen LogP contribution in [0.3, 0.4) is 0 Å². The minimum Gasteiger partial charge on any atom is -0.508 e. The van der Waals surface area contributed by atoms with Gasteiger partial charge in [-0.2, -0.15) is 0 Å². The SMILES string of the molecule is C=C(C)[C@@H]1CCC(C)=C[C@H]1C.CCCc1cc(O)cc(O)c1. The van der Waals surface area contributed by atoms with E-state index in [1.165, 1.54) is 24.5 Å². The van der Waals surface area contributed by atoms with Crippen molar-refractivity contribution in [2.75, 3.05) is 0 Å². The molecule has 1 aromatic rings. The summed E-state index contributed by atoms with van der Waals surface area (Å²) in [5, 5.41) is 18.1. The molecule has 0 saturated heterocycles. The zero-order valence-electron chi connectivity index (χ0n) is 14.4. The van der Waals surface area contributed by atoms with E-state index in [2.05, 4.69) is 40.3 Å². The molecule has 1 aliphatic carbocycles. The zero-order valence-corrected chi connectivity index (χ0v) is 14.4. The quantitative estimate of drug-likeness (QED) is 0.713. The molecule has 2 atom stereocenters. The van der Waals surface area contributed by atoms with Crippen molar-refractivity contribution in [3.63, 3.8) is 0 Å². The average molecular weight is 302 g/mol. The molecule has 0 amide bonds. The molecule has 0 aromatic heterocycles. The lowest BCUT2D eigenvalue weighted by Crippen LogP contribution is -2.15. The smallest absolute Gasteiger partial charge is 0.119 e. The van der Waals surface area contributed by atoms with Gasteiger partial charge in [0.05, 0.1) is 0 Å². The van der Waals surface area contributed by atoms with E-state index < -0.39 is 0 Å². The number of allylic oxidation sites excluding steroid dienone is 3. The fourth-order valence-electron chi connectivity index (χ4n) is 3.08. The van der Waals surface area contributed by atoms with Crippen LogP contribution < -0.4 is 0 Å². The summed E-state index contributed by atoms with van der Waals surface area (Å²) >= 11 is 0. The molecule has 122 valence electrons. The van der Waals surface area contributed by atoms with Gasteiger partial charge in [0.1, 0.15) is 11.5 Å². The zero-order chi connectivity index (χ0) is 16.7. The molecule has 2 heteroatoms. The van der Waals surface area contributed by atoms with Gasteiger partial charge in [0.25, 0.3) is 0 Å². The number of rotatable bonds is 3. The summed E-state index contributed by atoms with van der Waals surface area (Å²) in [6, 6.07) is 4.67. The fourth-order valence-corrected chi connectivity index (χ4v) is 3.08. The Morgan fingerprint density at radius 3 is 2.27 bits per heavy atom. The molecule has 0 saturated carbocycles. The van der Waals surface area contributed by atoms with Crippen molar-refractivity contribution in [1.82, 2.24) is 0 Å². The van der Waals surface area contributed by atoms with Gasteiger partial charge in [0.15, 0.2) is 0 Å². The highest BCUT2D eigenvalue weighted by atomic mass is 16.3. The predicted octanol–water partition coefficient (Wildman–Crippen LogP) is 5.61. The first kappa shape index (κ1) is 18.3. The van der Waals surface area contributed by atoms with E-state index in [9.17, 15) is 0 Å². The van der Waals surface area contributed by atoms with Gasteiger partial charge < -0.3 is 10.2 Å². The lowest BCUT2D eigenvalue weighted by molar-refractivity contribution is 0.428. The van der Waals surface area contributed by atoms with Crippen molar-refractivity contribution in [2.45, 2.75) is 53.4 Å². The minimum atomic E-state index is 0.133. The van der Waals surface area contributed by atoms with Crippen LogP contribution in [-0.4, -0.2) is 10.2 Å². The second kappa shape index (κ2) is 8.67. The van der Waals surface area contributed by atoms with Gasteiger partial charge in [-0.15, -0.1) is 0 Å². The van der Waals surface area contributed by atoms with Crippen molar-refractivity contribution >= 4 is 0 Å². The van der Waals surface area contributed by atoms with Crippen LogP contribution in [0.2, 0.25) is 0 Å². The maximum atomic E-state index is 9.06. The van der Waals surface area contributed by atoms with Gasteiger partial charge in [0.2, 0.25) is 0 Å². The summed E-state index contributed by atoms with van der Waals surface area (Å²) in [6.07, 6.45) is 6.87. The molecule has 0 radical (unpaired) electrons. The van der Waals surface area contributed by atoms with Crippen LogP contribution >= 0.6 is 0 Å². The van der Waals surface area contributed by atoms with E-state index in [1.54, 1.807) is 17.7 Å². The Bertz CT molecular complexity index is 508. The molecule has 0 heterocycles. The maximum Gasteiger partial charge on any atom is 0.119 e. The Morgan fingerprint density at radius 2 is 1.82 bits per heavy atom. The third-order valence-electron chi connectivity index (χ3n) is 4.17. The Kier molecular flexibility index (Phi) is 7.23. The number of hydrogen-bond acceptors (Lipinski definition) is 2. The summed E-state index contributed by atoms with van der Waals surface area (Å²) < 4.78 is 0. The van der Waals surface area contributed by atoms with Crippen LogP contribution in [-0.2, 0) is 6.42 Å². The number of hydrogen-bond donors (Lipinski definition) is 2. The molecule has 22 heavy (non-hydrogen) atoms. The predicted molar refractivity (Wildman–Crippen MR) is 94.2 cm³/mol. The average Bonchev–Trinajstić information content (AvgIpc) is 2.37. The molecule has 2 rings (SSSR count). The summed E-state index contributed by atoms with van der Waals surface area (Å²) in [5.41, 5.74) is 3.88. The third-order valence-corrected chi connectivity index (χ3v) is 4.17. The van der Waals surface area contributed by atoms with Crippen molar-refractivity contribution in [3.05, 3.63) is 47.6 Å². The van der Waals surface area contributed by atoms with Crippen LogP contribution in [0, 0.1) is 11.8 Å². The van der Waals surface area contributed by atoms with Gasteiger partial charge >= 0.3 is 0 Å². The molecular formula is C20H30O2. The van der Waals surface area contributed by atoms with Gasteiger partial charge in [-0.25, -0.2) is 0 Å². The van der Waals surface area contributed by atoms with Gasteiger partial charge in [-0.05, 0) is 62.6 Å². The largest absolute Gasteiger partial charge is 0.508 e. The second-order valence-electron chi connectivity index (χ2n) is 6.47. The number of benzene rings is 1. The number of phenolic OH excluding ortho intramolecular Hbond substituents is 2. The number of aromatic hydroxyl groups is 2. The van der Waals surface area contributed by atoms with E-state index in [4.69, 9.17) is 10.2 Å². The van der Waals surface area contributed by atoms with Crippen molar-refractivity contribution in [3.8, 4) is 11.5 Å². The highest BCUT2D eigenvalue weighted by molar-refractivity contribution is 5.36. The molecule has 0 bridgehead atoms. The molecule has 2 nitrogen and oxygen atoms in total. The summed E-state index contributed by atoms with van der Waals surface area (Å²) in [4.78, 5) is 0. The monoisotopic (exact) mass is 302 g/mol. The van der Waals surface area contributed by atoms with Crippen LogP contribution in [0.5, 0.6) is 11.5 Å². The van der Waals surface area contributed by atoms with Crippen molar-refractivity contribution in [1.29, 1.82) is 0 Å². The van der Waals surface area contributed by atoms with Crippen LogP contribution in [0.25, 0.3) is 0 Å². The normalized spacial score (nSPS) is 20.6. The van der Waals surface area contributed by atoms with Gasteiger partial charge in [-0.1, -0.05) is 44.1 Å². The van der Waals surface area contributed by atoms with Gasteiger partial charge in [0, 0.05) is 6.07 Å². The first-order valence-electron chi connectivity index (χ1n) is 8.18. The topological polar surface area (TPSA) is 40.5 Å². The van der Waals surface area contributed by atoms with E-state index in [0.717, 1.165) is 24.3 Å². The highest BCUT2D eigenvalue weighted by Crippen LogP contribution is 2.32. The van der Waals surface area contributed by atoms with E-state index in [0.29, 0.717) is 5.92 Å². The highest BCUT2D eigenvalue weighted by Gasteiger charge is 2.19. The fraction of sp³-hybridized carbons (Fsp3) is 0.500. The lowest BCUT2D eigenvalue weighted by Gasteiger charge is -2.27. The summed E-state index contributed by atoms with van der Waals surface area (Å²) in [5.74, 6) is 1.71. The first-order valence-corrected chi connectivity index (χ1v) is 8.18. The minimum absolute atomic E-state index is 0.133. The first-order chi connectivity index (χ1) is 10.3. The van der Waals surface area contributed by atoms with Crippen LogP contribution in [0.15, 0.2) is 42.0 Å². The second-order valence-corrected chi connectivity index (χ2v) is 6.47. The maximum absolute atomic E-state index is 9.06. The number of phenols is 2. The Hall–Kier alpha value is -1.70. The van der Waals surface area contributed by atoms with Crippen molar-refractivity contribution in [2.24, 2.45) is 11.8 Å².